The Labute approximate surface area is 104 Å². The van der Waals surface area contributed by atoms with Crippen molar-refractivity contribution >= 4 is 17.7 Å². The minimum Gasteiger partial charge on any atom is -0.456 e. The van der Waals surface area contributed by atoms with Gasteiger partial charge in [0.15, 0.2) is 0 Å². The Morgan fingerprint density at radius 3 is 2.47 bits per heavy atom. The number of nitrogens with zero attached hydrogens (tertiary/aromatic N) is 1. The van der Waals surface area contributed by atoms with Gasteiger partial charge in [-0.3, -0.25) is 0 Å². The summed E-state index contributed by atoms with van der Waals surface area (Å²) in [5, 5.41) is 0.389. The summed E-state index contributed by atoms with van der Waals surface area (Å²) < 4.78 is 5.27. The highest BCUT2D eigenvalue weighted by atomic mass is 32.2. The summed E-state index contributed by atoms with van der Waals surface area (Å²) in [6.07, 6.45) is 1.76. The molecule has 17 heavy (non-hydrogen) atoms. The van der Waals surface area contributed by atoms with E-state index in [4.69, 9.17) is 4.74 Å². The SMILES string of the molecule is CSc1nc(=O)[nH]c(C)c1C(=O)OC(C)(C)C. The van der Waals surface area contributed by atoms with Crippen LogP contribution in [0, 0.1) is 6.92 Å². The van der Waals surface area contributed by atoms with Crippen molar-refractivity contribution in [1.82, 2.24) is 9.97 Å². The van der Waals surface area contributed by atoms with Crippen LogP contribution in [0.3, 0.4) is 0 Å². The molecule has 5 nitrogen and oxygen atoms in total. The van der Waals surface area contributed by atoms with E-state index in [1.807, 2.05) is 0 Å². The molecule has 0 radical (unpaired) electrons. The van der Waals surface area contributed by atoms with E-state index in [9.17, 15) is 9.59 Å². The van der Waals surface area contributed by atoms with Gasteiger partial charge in [0, 0.05) is 5.69 Å². The number of hydrogen-bond donors (Lipinski definition) is 1. The van der Waals surface area contributed by atoms with E-state index in [0.717, 1.165) is 0 Å². The van der Waals surface area contributed by atoms with Crippen LogP contribution in [0.5, 0.6) is 0 Å². The number of hydrogen-bond acceptors (Lipinski definition) is 5. The average Bonchev–Trinajstić information content (AvgIpc) is 2.12. The minimum absolute atomic E-state index is 0.326. The molecule has 0 aliphatic rings. The molecule has 0 amide bonds. The van der Waals surface area contributed by atoms with Crippen LogP contribution < -0.4 is 5.69 Å². The van der Waals surface area contributed by atoms with Gasteiger partial charge in [-0.2, -0.15) is 4.98 Å². The number of esters is 1. The van der Waals surface area contributed by atoms with Crippen molar-refractivity contribution in [2.75, 3.05) is 6.26 Å². The predicted octanol–water partition coefficient (Wildman–Crippen LogP) is 1.76. The molecule has 1 rings (SSSR count). The molecule has 1 aromatic heterocycles. The number of aromatic amines is 1. The quantitative estimate of drug-likeness (QED) is 0.496. The van der Waals surface area contributed by atoms with Gasteiger partial charge in [0.25, 0.3) is 0 Å². The number of aryl methyl sites for hydroxylation is 1. The Morgan fingerprint density at radius 2 is 2.00 bits per heavy atom. The lowest BCUT2D eigenvalue weighted by atomic mass is 10.2. The van der Waals surface area contributed by atoms with Crippen molar-refractivity contribution < 1.29 is 9.53 Å². The average molecular weight is 256 g/mol. The monoisotopic (exact) mass is 256 g/mol. The summed E-state index contributed by atoms with van der Waals surface area (Å²) in [5.41, 5.74) is -0.232. The van der Waals surface area contributed by atoms with E-state index < -0.39 is 17.3 Å². The van der Waals surface area contributed by atoms with Gasteiger partial charge in [0.05, 0.1) is 0 Å². The highest BCUT2D eigenvalue weighted by Crippen LogP contribution is 2.21. The zero-order valence-electron chi connectivity index (χ0n) is 10.6. The zero-order valence-corrected chi connectivity index (χ0v) is 11.4. The molecule has 0 saturated heterocycles. The van der Waals surface area contributed by atoms with Gasteiger partial charge in [0.1, 0.15) is 16.2 Å². The number of rotatable bonds is 2. The lowest BCUT2D eigenvalue weighted by Crippen LogP contribution is -2.27. The standard InChI is InChI=1S/C11H16N2O3S/c1-6-7(9(14)16-11(2,3)4)8(17-5)13-10(15)12-6/h1-5H3,(H,12,13,15). The Morgan fingerprint density at radius 1 is 1.41 bits per heavy atom. The van der Waals surface area contributed by atoms with Crippen molar-refractivity contribution in [3.05, 3.63) is 21.7 Å². The first-order valence-electron chi connectivity index (χ1n) is 5.13. The van der Waals surface area contributed by atoms with E-state index in [0.29, 0.717) is 16.3 Å². The molecule has 6 heteroatoms. The Hall–Kier alpha value is -1.30. The maximum Gasteiger partial charge on any atom is 0.346 e. The zero-order chi connectivity index (χ0) is 13.2. The predicted molar refractivity (Wildman–Crippen MR) is 66.5 cm³/mol. The number of carbonyl (C=O) groups excluding carboxylic acids is 1. The van der Waals surface area contributed by atoms with Gasteiger partial charge in [-0.15, -0.1) is 11.8 Å². The minimum atomic E-state index is -0.574. The second-order valence-corrected chi connectivity index (χ2v) is 5.35. The fraction of sp³-hybridized carbons (Fsp3) is 0.545. The van der Waals surface area contributed by atoms with Gasteiger partial charge in [0.2, 0.25) is 0 Å². The Balaban J connectivity index is 3.21. The fourth-order valence-corrected chi connectivity index (χ4v) is 1.89. The molecular weight excluding hydrogens is 240 g/mol. The largest absolute Gasteiger partial charge is 0.456 e. The highest BCUT2D eigenvalue weighted by Gasteiger charge is 2.23. The van der Waals surface area contributed by atoms with Crippen LogP contribution in [0.4, 0.5) is 0 Å². The van der Waals surface area contributed by atoms with Crippen molar-refractivity contribution in [3.8, 4) is 0 Å². The molecule has 0 aromatic carbocycles. The topological polar surface area (TPSA) is 72.0 Å². The first-order chi connectivity index (χ1) is 7.74. The van der Waals surface area contributed by atoms with Crippen LogP contribution in [0.15, 0.2) is 9.82 Å². The van der Waals surface area contributed by atoms with E-state index in [1.54, 1.807) is 34.0 Å². The summed E-state index contributed by atoms with van der Waals surface area (Å²) in [7, 11) is 0. The lowest BCUT2D eigenvalue weighted by Gasteiger charge is -2.20. The van der Waals surface area contributed by atoms with Gasteiger partial charge >= 0.3 is 11.7 Å². The van der Waals surface area contributed by atoms with Crippen LogP contribution in [0.25, 0.3) is 0 Å². The van der Waals surface area contributed by atoms with Crippen LogP contribution in [-0.2, 0) is 4.74 Å². The van der Waals surface area contributed by atoms with E-state index >= 15 is 0 Å². The highest BCUT2D eigenvalue weighted by molar-refractivity contribution is 7.98. The Bertz CT molecular complexity index is 488. The number of H-pyrrole nitrogens is 1. The van der Waals surface area contributed by atoms with Crippen molar-refractivity contribution in [1.29, 1.82) is 0 Å². The number of nitrogens with one attached hydrogen (secondary N) is 1. The number of ether oxygens (including phenoxy) is 1. The number of aromatic nitrogens is 2. The summed E-state index contributed by atoms with van der Waals surface area (Å²) in [4.78, 5) is 29.4. The van der Waals surface area contributed by atoms with Gasteiger partial charge in [-0.1, -0.05) is 0 Å². The van der Waals surface area contributed by atoms with Gasteiger partial charge < -0.3 is 9.72 Å². The molecule has 94 valence electrons. The third kappa shape index (κ3) is 3.59. The molecule has 0 spiro atoms. The third-order valence-corrected chi connectivity index (χ3v) is 2.56. The smallest absolute Gasteiger partial charge is 0.346 e. The maximum atomic E-state index is 12.0. The lowest BCUT2D eigenvalue weighted by molar-refractivity contribution is 0.00631. The van der Waals surface area contributed by atoms with Crippen LogP contribution in [0.1, 0.15) is 36.8 Å². The molecule has 0 bridgehead atoms. The molecule has 0 fully saturated rings. The third-order valence-electron chi connectivity index (χ3n) is 1.88. The molecule has 0 atom stereocenters. The van der Waals surface area contributed by atoms with Gasteiger partial charge in [-0.05, 0) is 34.0 Å². The maximum absolute atomic E-state index is 12.0. The molecule has 0 aliphatic carbocycles. The molecule has 1 N–H and O–H groups in total. The summed E-state index contributed by atoms with van der Waals surface area (Å²) >= 11 is 1.25. The molecular formula is C11H16N2O3S. The number of carbonyl (C=O) groups is 1. The summed E-state index contributed by atoms with van der Waals surface area (Å²) in [5.74, 6) is -0.469. The second-order valence-electron chi connectivity index (χ2n) is 4.55. The molecule has 0 saturated carbocycles. The van der Waals surface area contributed by atoms with E-state index in [2.05, 4.69) is 9.97 Å². The summed E-state index contributed by atoms with van der Waals surface area (Å²) in [6.45, 7) is 7.02. The van der Waals surface area contributed by atoms with Gasteiger partial charge in [-0.25, -0.2) is 9.59 Å². The van der Waals surface area contributed by atoms with Crippen molar-refractivity contribution in [2.24, 2.45) is 0 Å². The fourth-order valence-electron chi connectivity index (χ4n) is 1.28. The first-order valence-corrected chi connectivity index (χ1v) is 6.35. The van der Waals surface area contributed by atoms with E-state index in [1.165, 1.54) is 11.8 Å². The summed E-state index contributed by atoms with van der Waals surface area (Å²) in [6, 6.07) is 0. The van der Waals surface area contributed by atoms with E-state index in [-0.39, 0.29) is 0 Å². The molecule has 1 aromatic rings. The molecule has 0 aliphatic heterocycles. The van der Waals surface area contributed by atoms with Crippen LogP contribution >= 0.6 is 11.8 Å². The van der Waals surface area contributed by atoms with Crippen molar-refractivity contribution in [3.63, 3.8) is 0 Å². The first kappa shape index (κ1) is 13.8. The second kappa shape index (κ2) is 4.91. The molecule has 1 heterocycles. The normalized spacial score (nSPS) is 11.4. The number of thioether (sulfide) groups is 1. The molecule has 0 unspecified atom stereocenters. The van der Waals surface area contributed by atoms with Crippen LogP contribution in [-0.4, -0.2) is 27.8 Å². The van der Waals surface area contributed by atoms with Crippen LogP contribution in [0.2, 0.25) is 0 Å². The Kier molecular flexibility index (Phi) is 3.98. The van der Waals surface area contributed by atoms with Crippen molar-refractivity contribution in [2.45, 2.75) is 38.3 Å².